The first-order valence-electron chi connectivity index (χ1n) is 6.70. The molecule has 1 atom stereocenters. The lowest BCUT2D eigenvalue weighted by Gasteiger charge is -2.24. The lowest BCUT2D eigenvalue weighted by Crippen LogP contribution is -2.43. The van der Waals surface area contributed by atoms with Crippen molar-refractivity contribution in [3.63, 3.8) is 0 Å². The molecule has 1 aliphatic heterocycles. The molecule has 0 bridgehead atoms. The van der Waals surface area contributed by atoms with E-state index in [1.165, 1.54) is 12.1 Å². The van der Waals surface area contributed by atoms with Crippen LogP contribution < -0.4 is 10.0 Å². The van der Waals surface area contributed by atoms with Crippen LogP contribution in [-0.2, 0) is 16.2 Å². The SMILES string of the molecule is O=S(=O)(NCC1CCCCN1)c1ccccc1C(F)(F)F. The van der Waals surface area contributed by atoms with Gasteiger partial charge in [-0.3, -0.25) is 0 Å². The Balaban J connectivity index is 2.16. The van der Waals surface area contributed by atoms with Crippen molar-refractivity contribution in [2.45, 2.75) is 36.4 Å². The highest BCUT2D eigenvalue weighted by atomic mass is 32.2. The van der Waals surface area contributed by atoms with Gasteiger partial charge in [0.2, 0.25) is 10.0 Å². The second kappa shape index (κ2) is 6.33. The monoisotopic (exact) mass is 322 g/mol. The number of piperidine rings is 1. The molecule has 118 valence electrons. The second-order valence-electron chi connectivity index (χ2n) is 4.99. The fraction of sp³-hybridized carbons (Fsp3) is 0.538. The Bertz CT molecular complexity index is 581. The Kier molecular flexibility index (Phi) is 4.90. The van der Waals surface area contributed by atoms with Crippen LogP contribution in [0.2, 0.25) is 0 Å². The predicted molar refractivity (Wildman–Crippen MR) is 72.3 cm³/mol. The fourth-order valence-electron chi connectivity index (χ4n) is 2.32. The predicted octanol–water partition coefficient (Wildman–Crippen LogP) is 2.13. The lowest BCUT2D eigenvalue weighted by molar-refractivity contribution is -0.139. The first-order valence-corrected chi connectivity index (χ1v) is 8.18. The van der Waals surface area contributed by atoms with Crippen molar-refractivity contribution in [2.75, 3.05) is 13.1 Å². The van der Waals surface area contributed by atoms with Gasteiger partial charge in [-0.1, -0.05) is 18.6 Å². The maximum Gasteiger partial charge on any atom is 0.417 e. The first kappa shape index (κ1) is 16.3. The van der Waals surface area contributed by atoms with Crippen LogP contribution in [0.1, 0.15) is 24.8 Å². The van der Waals surface area contributed by atoms with Gasteiger partial charge in [-0.2, -0.15) is 13.2 Å². The maximum absolute atomic E-state index is 12.9. The number of hydrogen-bond acceptors (Lipinski definition) is 3. The van der Waals surface area contributed by atoms with Gasteiger partial charge >= 0.3 is 6.18 Å². The summed E-state index contributed by atoms with van der Waals surface area (Å²) in [6.07, 6.45) is -1.88. The summed E-state index contributed by atoms with van der Waals surface area (Å²) in [6.45, 7) is 0.889. The van der Waals surface area contributed by atoms with Gasteiger partial charge in [0.15, 0.2) is 0 Å². The molecule has 0 radical (unpaired) electrons. The smallest absolute Gasteiger partial charge is 0.313 e. The van der Waals surface area contributed by atoms with E-state index < -0.39 is 26.7 Å². The van der Waals surface area contributed by atoms with E-state index in [-0.39, 0.29) is 12.6 Å². The van der Waals surface area contributed by atoms with Crippen LogP contribution >= 0.6 is 0 Å². The maximum atomic E-state index is 12.9. The van der Waals surface area contributed by atoms with Gasteiger partial charge in [0.25, 0.3) is 0 Å². The van der Waals surface area contributed by atoms with E-state index in [0.29, 0.717) is 0 Å². The summed E-state index contributed by atoms with van der Waals surface area (Å²) in [5, 5.41) is 3.14. The molecular formula is C13H17F3N2O2S. The quantitative estimate of drug-likeness (QED) is 0.893. The average molecular weight is 322 g/mol. The molecule has 1 unspecified atom stereocenters. The molecule has 1 aromatic carbocycles. The fourth-order valence-corrected chi connectivity index (χ4v) is 3.63. The van der Waals surface area contributed by atoms with Gasteiger partial charge in [0, 0.05) is 12.6 Å². The number of benzene rings is 1. The first-order chi connectivity index (χ1) is 9.81. The van der Waals surface area contributed by atoms with Crippen molar-refractivity contribution in [1.29, 1.82) is 0 Å². The second-order valence-corrected chi connectivity index (χ2v) is 6.73. The van der Waals surface area contributed by atoms with Crippen molar-refractivity contribution < 1.29 is 21.6 Å². The van der Waals surface area contributed by atoms with E-state index in [0.717, 1.165) is 37.9 Å². The van der Waals surface area contributed by atoms with Crippen LogP contribution in [0, 0.1) is 0 Å². The normalized spacial score (nSPS) is 20.4. The van der Waals surface area contributed by atoms with E-state index in [9.17, 15) is 21.6 Å². The third-order valence-corrected chi connectivity index (χ3v) is 4.90. The Labute approximate surface area is 121 Å². The Morgan fingerprint density at radius 3 is 2.57 bits per heavy atom. The standard InChI is InChI=1S/C13H17F3N2O2S/c14-13(15,16)11-6-1-2-7-12(11)21(19,20)18-9-10-5-3-4-8-17-10/h1-2,6-7,10,17-18H,3-5,8-9H2. The zero-order valence-corrected chi connectivity index (χ0v) is 12.1. The zero-order chi connectivity index (χ0) is 15.5. The van der Waals surface area contributed by atoms with Gasteiger partial charge in [-0.05, 0) is 31.5 Å². The number of hydrogen-bond donors (Lipinski definition) is 2. The summed E-state index contributed by atoms with van der Waals surface area (Å²) in [5.74, 6) is 0. The highest BCUT2D eigenvalue weighted by molar-refractivity contribution is 7.89. The van der Waals surface area contributed by atoms with Crippen molar-refractivity contribution in [3.8, 4) is 0 Å². The van der Waals surface area contributed by atoms with Gasteiger partial charge in [-0.15, -0.1) is 0 Å². The van der Waals surface area contributed by atoms with Gasteiger partial charge in [-0.25, -0.2) is 13.1 Å². The Hall–Kier alpha value is -1.12. The molecular weight excluding hydrogens is 305 g/mol. The molecule has 2 rings (SSSR count). The van der Waals surface area contributed by atoms with E-state index in [2.05, 4.69) is 10.0 Å². The van der Waals surface area contributed by atoms with E-state index >= 15 is 0 Å². The zero-order valence-electron chi connectivity index (χ0n) is 11.3. The van der Waals surface area contributed by atoms with Crippen LogP contribution in [0.5, 0.6) is 0 Å². The number of halogens is 3. The van der Waals surface area contributed by atoms with Crippen LogP contribution in [0.25, 0.3) is 0 Å². The molecule has 4 nitrogen and oxygen atoms in total. The van der Waals surface area contributed by atoms with E-state index in [1.54, 1.807) is 0 Å². The third kappa shape index (κ3) is 4.18. The minimum Gasteiger partial charge on any atom is -0.313 e. The Morgan fingerprint density at radius 2 is 1.95 bits per heavy atom. The molecule has 1 heterocycles. The van der Waals surface area contributed by atoms with Crippen molar-refractivity contribution >= 4 is 10.0 Å². The molecule has 1 aliphatic rings. The Morgan fingerprint density at radius 1 is 1.24 bits per heavy atom. The van der Waals surface area contributed by atoms with Gasteiger partial charge in [0.1, 0.15) is 0 Å². The molecule has 1 aromatic rings. The van der Waals surface area contributed by atoms with Crippen molar-refractivity contribution in [2.24, 2.45) is 0 Å². The van der Waals surface area contributed by atoms with Crippen molar-refractivity contribution in [1.82, 2.24) is 10.0 Å². The number of sulfonamides is 1. The minimum absolute atomic E-state index is 0.0356. The number of rotatable bonds is 4. The molecule has 1 fully saturated rings. The van der Waals surface area contributed by atoms with Crippen LogP contribution in [0.4, 0.5) is 13.2 Å². The summed E-state index contributed by atoms with van der Waals surface area (Å²) in [5.41, 5.74) is -1.14. The molecule has 0 aromatic heterocycles. The summed E-state index contributed by atoms with van der Waals surface area (Å²) in [4.78, 5) is -0.728. The molecule has 0 amide bonds. The van der Waals surface area contributed by atoms with E-state index in [1.807, 2.05) is 0 Å². The van der Waals surface area contributed by atoms with Crippen LogP contribution in [-0.4, -0.2) is 27.5 Å². The van der Waals surface area contributed by atoms with Gasteiger partial charge < -0.3 is 5.32 Å². The summed E-state index contributed by atoms with van der Waals surface area (Å²) in [7, 11) is -4.18. The highest BCUT2D eigenvalue weighted by Crippen LogP contribution is 2.33. The highest BCUT2D eigenvalue weighted by Gasteiger charge is 2.36. The molecule has 2 N–H and O–H groups in total. The topological polar surface area (TPSA) is 58.2 Å². The molecule has 1 saturated heterocycles. The summed E-state index contributed by atoms with van der Waals surface area (Å²) >= 11 is 0. The number of nitrogens with one attached hydrogen (secondary N) is 2. The summed E-state index contributed by atoms with van der Waals surface area (Å²) in [6, 6.07) is 4.16. The van der Waals surface area contributed by atoms with Crippen LogP contribution in [0.15, 0.2) is 29.2 Å². The molecule has 8 heteroatoms. The molecule has 21 heavy (non-hydrogen) atoms. The average Bonchev–Trinajstić information content (AvgIpc) is 2.45. The minimum atomic E-state index is -4.70. The summed E-state index contributed by atoms with van der Waals surface area (Å²) < 4.78 is 65.1. The van der Waals surface area contributed by atoms with Crippen molar-refractivity contribution in [3.05, 3.63) is 29.8 Å². The third-order valence-electron chi connectivity index (χ3n) is 3.41. The molecule has 0 spiro atoms. The molecule has 0 aliphatic carbocycles. The van der Waals surface area contributed by atoms with E-state index in [4.69, 9.17) is 0 Å². The lowest BCUT2D eigenvalue weighted by atomic mass is 10.1. The molecule has 0 saturated carbocycles. The largest absolute Gasteiger partial charge is 0.417 e. The van der Waals surface area contributed by atoms with Gasteiger partial charge in [0.05, 0.1) is 10.5 Å². The van der Waals surface area contributed by atoms with Crippen LogP contribution in [0.3, 0.4) is 0 Å². The number of alkyl halides is 3.